The van der Waals surface area contributed by atoms with Crippen molar-refractivity contribution in [3.63, 3.8) is 0 Å². The van der Waals surface area contributed by atoms with Gasteiger partial charge in [0, 0.05) is 35.6 Å². The Morgan fingerprint density at radius 3 is 2.33 bits per heavy atom. The molecule has 1 heterocycles. The first-order valence-electron chi connectivity index (χ1n) is 9.78. The summed E-state index contributed by atoms with van der Waals surface area (Å²) in [6, 6.07) is 15.4. The third kappa shape index (κ3) is 5.44. The van der Waals surface area contributed by atoms with Crippen LogP contribution in [0.4, 0.5) is 11.4 Å². The van der Waals surface area contributed by atoms with E-state index >= 15 is 0 Å². The smallest absolute Gasteiger partial charge is 0.248 e. The molecule has 6 nitrogen and oxygen atoms in total. The summed E-state index contributed by atoms with van der Waals surface area (Å²) in [4.78, 5) is 23.5. The van der Waals surface area contributed by atoms with Gasteiger partial charge in [-0.15, -0.1) is 0 Å². The molecule has 0 aliphatic rings. The van der Waals surface area contributed by atoms with Crippen molar-refractivity contribution < 1.29 is 9.59 Å². The van der Waals surface area contributed by atoms with Crippen LogP contribution in [-0.2, 0) is 16.1 Å². The molecule has 0 saturated heterocycles. The van der Waals surface area contributed by atoms with Gasteiger partial charge >= 0.3 is 0 Å². The van der Waals surface area contributed by atoms with Gasteiger partial charge in [0.15, 0.2) is 0 Å². The molecular weight excluding hydrogens is 376 g/mol. The van der Waals surface area contributed by atoms with E-state index in [1.165, 1.54) is 24.1 Å². The fourth-order valence-electron chi connectivity index (χ4n) is 3.19. The maximum atomic E-state index is 12.4. The monoisotopic (exact) mass is 402 g/mol. The number of hydrogen-bond donors (Lipinski definition) is 2. The summed E-state index contributed by atoms with van der Waals surface area (Å²) in [6.07, 6.45) is 3.29. The van der Waals surface area contributed by atoms with Gasteiger partial charge in [-0.1, -0.05) is 35.9 Å². The second-order valence-corrected chi connectivity index (χ2v) is 7.31. The first-order chi connectivity index (χ1) is 14.3. The van der Waals surface area contributed by atoms with Gasteiger partial charge < -0.3 is 10.6 Å². The van der Waals surface area contributed by atoms with Crippen LogP contribution in [0.1, 0.15) is 35.0 Å². The number of benzene rings is 2. The van der Waals surface area contributed by atoms with E-state index in [0.29, 0.717) is 17.9 Å². The predicted molar refractivity (Wildman–Crippen MR) is 120 cm³/mol. The highest BCUT2D eigenvalue weighted by Gasteiger charge is 2.10. The summed E-state index contributed by atoms with van der Waals surface area (Å²) in [5.41, 5.74) is 6.46. The Kier molecular flexibility index (Phi) is 6.47. The summed E-state index contributed by atoms with van der Waals surface area (Å²) < 4.78 is 1.95. The molecule has 2 amide bonds. The van der Waals surface area contributed by atoms with Gasteiger partial charge in [-0.2, -0.15) is 5.10 Å². The molecule has 0 bridgehead atoms. The molecule has 154 valence electrons. The Bertz CT molecular complexity index is 1090. The van der Waals surface area contributed by atoms with E-state index in [4.69, 9.17) is 0 Å². The van der Waals surface area contributed by atoms with Crippen molar-refractivity contribution in [1.82, 2.24) is 9.78 Å². The van der Waals surface area contributed by atoms with Crippen molar-refractivity contribution in [2.45, 2.75) is 34.2 Å². The van der Waals surface area contributed by atoms with Crippen molar-refractivity contribution in [1.29, 1.82) is 0 Å². The van der Waals surface area contributed by atoms with E-state index < -0.39 is 0 Å². The molecule has 0 unspecified atom stereocenters. The summed E-state index contributed by atoms with van der Waals surface area (Å²) in [5, 5.41) is 10.1. The zero-order chi connectivity index (χ0) is 21.7. The zero-order valence-electron chi connectivity index (χ0n) is 17.7. The van der Waals surface area contributed by atoms with Gasteiger partial charge in [0.25, 0.3) is 0 Å². The molecule has 0 atom stereocenters. The van der Waals surface area contributed by atoms with E-state index in [0.717, 1.165) is 17.0 Å². The van der Waals surface area contributed by atoms with Gasteiger partial charge in [0.2, 0.25) is 11.8 Å². The normalized spacial score (nSPS) is 10.9. The molecule has 0 fully saturated rings. The number of hydrogen-bond acceptors (Lipinski definition) is 3. The van der Waals surface area contributed by atoms with Crippen LogP contribution >= 0.6 is 0 Å². The van der Waals surface area contributed by atoms with E-state index in [-0.39, 0.29) is 11.8 Å². The Hall–Kier alpha value is -3.67. The second-order valence-electron chi connectivity index (χ2n) is 7.31. The molecule has 0 radical (unpaired) electrons. The second kappa shape index (κ2) is 9.22. The molecule has 0 spiro atoms. The molecule has 30 heavy (non-hydrogen) atoms. The van der Waals surface area contributed by atoms with Gasteiger partial charge in [0.1, 0.15) is 0 Å². The Labute approximate surface area is 176 Å². The van der Waals surface area contributed by atoms with Crippen LogP contribution in [0.25, 0.3) is 6.08 Å². The number of aryl methyl sites for hydroxylation is 2. The third-order valence-corrected chi connectivity index (χ3v) is 4.74. The number of carbonyl (C=O) groups is 2. The molecule has 0 aliphatic carbocycles. The lowest BCUT2D eigenvalue weighted by Gasteiger charge is -2.06. The van der Waals surface area contributed by atoms with E-state index in [9.17, 15) is 9.59 Å². The quantitative estimate of drug-likeness (QED) is 0.598. The first kappa shape index (κ1) is 21.0. The van der Waals surface area contributed by atoms with Crippen molar-refractivity contribution >= 4 is 29.3 Å². The van der Waals surface area contributed by atoms with Gasteiger partial charge in [-0.3, -0.25) is 14.3 Å². The molecule has 6 heteroatoms. The van der Waals surface area contributed by atoms with Crippen LogP contribution in [0.2, 0.25) is 0 Å². The number of anilines is 2. The fraction of sp³-hybridized carbons (Fsp3) is 0.208. The van der Waals surface area contributed by atoms with Gasteiger partial charge in [-0.05, 0) is 50.6 Å². The SMILES string of the molecule is CC(=O)Nc1cccc(NC(=O)/C=C/c2c(C)nn(Cc3ccc(C)cc3)c2C)c1. The molecular formula is C24H26N4O2. The molecule has 0 aliphatic heterocycles. The van der Waals surface area contributed by atoms with Crippen molar-refractivity contribution in [2.24, 2.45) is 0 Å². The zero-order valence-corrected chi connectivity index (χ0v) is 17.7. The van der Waals surface area contributed by atoms with Crippen molar-refractivity contribution in [3.05, 3.63) is 82.7 Å². The third-order valence-electron chi connectivity index (χ3n) is 4.74. The minimum atomic E-state index is -0.250. The molecule has 3 rings (SSSR count). The summed E-state index contributed by atoms with van der Waals surface area (Å²) in [5.74, 6) is -0.410. The number of rotatable bonds is 6. The van der Waals surface area contributed by atoms with Gasteiger partial charge in [-0.25, -0.2) is 0 Å². The minimum Gasteiger partial charge on any atom is -0.326 e. The van der Waals surface area contributed by atoms with Crippen LogP contribution in [0, 0.1) is 20.8 Å². The average Bonchev–Trinajstić information content (AvgIpc) is 2.94. The lowest BCUT2D eigenvalue weighted by atomic mass is 10.1. The largest absolute Gasteiger partial charge is 0.326 e. The first-order valence-corrected chi connectivity index (χ1v) is 9.78. The van der Waals surface area contributed by atoms with E-state index in [1.807, 2.05) is 18.5 Å². The highest BCUT2D eigenvalue weighted by molar-refractivity contribution is 6.02. The molecule has 1 aromatic heterocycles. The predicted octanol–water partition coefficient (Wildman–Crippen LogP) is 4.47. The lowest BCUT2D eigenvalue weighted by Crippen LogP contribution is -2.09. The Morgan fingerprint density at radius 1 is 1.00 bits per heavy atom. The number of aromatic nitrogens is 2. The van der Waals surface area contributed by atoms with Crippen LogP contribution in [0.3, 0.4) is 0 Å². The topological polar surface area (TPSA) is 76.0 Å². The maximum absolute atomic E-state index is 12.4. The average molecular weight is 402 g/mol. The molecule has 2 N–H and O–H groups in total. The summed E-state index contributed by atoms with van der Waals surface area (Å²) in [6.45, 7) is 8.13. The van der Waals surface area contributed by atoms with E-state index in [2.05, 4.69) is 46.9 Å². The number of nitrogens with one attached hydrogen (secondary N) is 2. The molecule has 2 aromatic carbocycles. The number of amides is 2. The van der Waals surface area contributed by atoms with Crippen molar-refractivity contribution in [3.8, 4) is 0 Å². The van der Waals surface area contributed by atoms with Crippen LogP contribution < -0.4 is 10.6 Å². The maximum Gasteiger partial charge on any atom is 0.248 e. The Morgan fingerprint density at radius 2 is 1.67 bits per heavy atom. The molecule has 0 saturated carbocycles. The van der Waals surface area contributed by atoms with Crippen LogP contribution in [0.5, 0.6) is 0 Å². The highest BCUT2D eigenvalue weighted by atomic mass is 16.2. The minimum absolute atomic E-state index is 0.160. The Balaban J connectivity index is 1.69. The van der Waals surface area contributed by atoms with Crippen LogP contribution in [0.15, 0.2) is 54.6 Å². The standard InChI is InChI=1S/C24H26N4O2/c1-16-8-10-20(11-9-16)15-28-18(3)23(17(2)27-28)12-13-24(30)26-22-7-5-6-21(14-22)25-19(4)29/h5-14H,15H2,1-4H3,(H,25,29)(H,26,30)/b13-12+. The van der Waals surface area contributed by atoms with Crippen LogP contribution in [-0.4, -0.2) is 21.6 Å². The number of nitrogens with zero attached hydrogens (tertiary/aromatic N) is 2. The summed E-state index contributed by atoms with van der Waals surface area (Å²) >= 11 is 0. The number of carbonyl (C=O) groups excluding carboxylic acids is 2. The molecule has 3 aromatic rings. The lowest BCUT2D eigenvalue weighted by molar-refractivity contribution is -0.114. The van der Waals surface area contributed by atoms with Gasteiger partial charge in [0.05, 0.1) is 12.2 Å². The summed E-state index contributed by atoms with van der Waals surface area (Å²) in [7, 11) is 0. The van der Waals surface area contributed by atoms with Crippen molar-refractivity contribution in [2.75, 3.05) is 10.6 Å². The fourth-order valence-corrected chi connectivity index (χ4v) is 3.19. The van der Waals surface area contributed by atoms with E-state index in [1.54, 1.807) is 30.3 Å². The highest BCUT2D eigenvalue weighted by Crippen LogP contribution is 2.18.